The first-order valence-corrected chi connectivity index (χ1v) is 6.68. The van der Waals surface area contributed by atoms with E-state index in [1.807, 2.05) is 0 Å². The molecule has 10 heteroatoms. The van der Waals surface area contributed by atoms with Crippen LogP contribution in [0.2, 0.25) is 10.0 Å². The molecule has 0 saturated heterocycles. The van der Waals surface area contributed by atoms with Crippen LogP contribution >= 0.6 is 46.5 Å². The van der Waals surface area contributed by atoms with Crippen molar-refractivity contribution in [1.82, 2.24) is 29.0 Å². The minimum Gasteiger partial charge on any atom is -0.192 e. The molecular formula is C8H3Cl3N6S. The highest BCUT2D eigenvalue weighted by atomic mass is 35.5. The highest BCUT2D eigenvalue weighted by molar-refractivity contribution is 7.00. The van der Waals surface area contributed by atoms with Gasteiger partial charge in [-0.25, -0.2) is 0 Å². The lowest BCUT2D eigenvalue weighted by atomic mass is 10.2. The number of tetrazole rings is 1. The topological polar surface area (TPSA) is 69.4 Å². The highest BCUT2D eigenvalue weighted by Gasteiger charge is 2.19. The van der Waals surface area contributed by atoms with E-state index in [0.29, 0.717) is 32.6 Å². The molecule has 6 nitrogen and oxygen atoms in total. The molecule has 3 aromatic rings. The van der Waals surface area contributed by atoms with Crippen molar-refractivity contribution < 1.29 is 0 Å². The largest absolute Gasteiger partial charge is 0.192 e. The number of alkyl halides is 1. The second kappa shape index (κ2) is 4.58. The summed E-state index contributed by atoms with van der Waals surface area (Å²) in [5.74, 6) is 0.626. The Morgan fingerprint density at radius 3 is 2.72 bits per heavy atom. The lowest BCUT2D eigenvalue weighted by molar-refractivity contribution is 0.780. The van der Waals surface area contributed by atoms with E-state index in [1.54, 1.807) is 6.07 Å². The average Bonchev–Trinajstić information content (AvgIpc) is 2.97. The van der Waals surface area contributed by atoms with Crippen LogP contribution in [-0.2, 0) is 5.88 Å². The highest BCUT2D eigenvalue weighted by Crippen LogP contribution is 2.33. The predicted octanol–water partition coefficient (Wildman–Crippen LogP) is 2.71. The van der Waals surface area contributed by atoms with Crippen LogP contribution in [0.15, 0.2) is 6.07 Å². The fourth-order valence-electron chi connectivity index (χ4n) is 1.53. The zero-order valence-electron chi connectivity index (χ0n) is 8.51. The van der Waals surface area contributed by atoms with Gasteiger partial charge in [0.15, 0.2) is 5.82 Å². The maximum Gasteiger partial charge on any atom is 0.171 e. The summed E-state index contributed by atoms with van der Waals surface area (Å²) in [5.41, 5.74) is 1.65. The van der Waals surface area contributed by atoms with Gasteiger partial charge in [0.25, 0.3) is 0 Å². The molecule has 0 unspecified atom stereocenters. The van der Waals surface area contributed by atoms with E-state index in [2.05, 4.69) is 24.3 Å². The van der Waals surface area contributed by atoms with Gasteiger partial charge in [0, 0.05) is 0 Å². The first-order chi connectivity index (χ1) is 8.72. The minimum absolute atomic E-state index is 0.158. The molecule has 0 radical (unpaired) electrons. The molecule has 18 heavy (non-hydrogen) atoms. The van der Waals surface area contributed by atoms with Gasteiger partial charge in [0.2, 0.25) is 0 Å². The summed E-state index contributed by atoms with van der Waals surface area (Å²) in [7, 11) is 0. The third-order valence-corrected chi connectivity index (χ3v) is 3.63. The third-order valence-electron chi connectivity index (χ3n) is 2.28. The molecule has 0 bridgehead atoms. The van der Waals surface area contributed by atoms with Crippen LogP contribution in [-0.4, -0.2) is 29.0 Å². The SMILES string of the molecule is ClCc1nnnn1-c1c(Cl)cc(Cl)c2nsnc12. The lowest BCUT2D eigenvalue weighted by Gasteiger charge is -2.06. The summed E-state index contributed by atoms with van der Waals surface area (Å²) < 4.78 is 9.72. The monoisotopic (exact) mass is 320 g/mol. The van der Waals surface area contributed by atoms with Crippen molar-refractivity contribution in [1.29, 1.82) is 0 Å². The number of fused-ring (bicyclic) bond motifs is 1. The number of rotatable bonds is 2. The molecule has 92 valence electrons. The van der Waals surface area contributed by atoms with Crippen LogP contribution in [0.5, 0.6) is 0 Å². The first kappa shape index (κ1) is 12.0. The van der Waals surface area contributed by atoms with Gasteiger partial charge in [-0.1, -0.05) is 23.2 Å². The molecule has 0 amide bonds. The number of hydrogen-bond acceptors (Lipinski definition) is 6. The molecule has 0 saturated carbocycles. The summed E-state index contributed by atoms with van der Waals surface area (Å²) >= 11 is 19.0. The van der Waals surface area contributed by atoms with E-state index >= 15 is 0 Å². The standard InChI is InChI=1S/C8H3Cl3N6S/c9-2-5-12-15-16-17(5)8-4(11)1-3(10)6-7(8)14-18-13-6/h1H,2H2. The maximum absolute atomic E-state index is 6.18. The van der Waals surface area contributed by atoms with E-state index in [-0.39, 0.29) is 5.88 Å². The fourth-order valence-corrected chi connectivity index (χ4v) is 2.88. The van der Waals surface area contributed by atoms with Crippen molar-refractivity contribution >= 4 is 57.6 Å². The molecule has 3 rings (SSSR count). The second-order valence-electron chi connectivity index (χ2n) is 3.29. The average molecular weight is 322 g/mol. The van der Waals surface area contributed by atoms with E-state index in [0.717, 1.165) is 11.7 Å². The Bertz CT molecular complexity index is 723. The van der Waals surface area contributed by atoms with Gasteiger partial charge in [-0.05, 0) is 16.5 Å². The zero-order valence-corrected chi connectivity index (χ0v) is 11.6. The van der Waals surface area contributed by atoms with Gasteiger partial charge in [0.1, 0.15) is 16.7 Å². The minimum atomic E-state index is 0.158. The van der Waals surface area contributed by atoms with E-state index < -0.39 is 0 Å². The summed E-state index contributed by atoms with van der Waals surface area (Å²) in [6.07, 6.45) is 0. The first-order valence-electron chi connectivity index (χ1n) is 4.66. The van der Waals surface area contributed by atoms with Gasteiger partial charge in [0.05, 0.1) is 27.7 Å². The summed E-state index contributed by atoms with van der Waals surface area (Å²) in [6.45, 7) is 0. The van der Waals surface area contributed by atoms with E-state index in [9.17, 15) is 0 Å². The summed E-state index contributed by atoms with van der Waals surface area (Å²) in [4.78, 5) is 0. The Morgan fingerprint density at radius 2 is 1.94 bits per heavy atom. The predicted molar refractivity (Wildman–Crippen MR) is 69.7 cm³/mol. The number of benzene rings is 1. The quantitative estimate of drug-likeness (QED) is 0.679. The maximum atomic E-state index is 6.18. The molecule has 0 aliphatic heterocycles. The Labute approximate surface area is 120 Å². The van der Waals surface area contributed by atoms with Crippen LogP contribution in [0.3, 0.4) is 0 Å². The number of halogens is 3. The number of nitrogens with zero attached hydrogens (tertiary/aromatic N) is 6. The fraction of sp³-hybridized carbons (Fsp3) is 0.125. The van der Waals surface area contributed by atoms with Gasteiger partial charge in [-0.3, -0.25) is 0 Å². The Kier molecular flexibility index (Phi) is 3.06. The third kappa shape index (κ3) is 1.74. The van der Waals surface area contributed by atoms with Gasteiger partial charge < -0.3 is 0 Å². The Balaban J connectivity index is 2.38. The molecular weight excluding hydrogens is 319 g/mol. The molecule has 2 heterocycles. The molecule has 0 aliphatic rings. The summed E-state index contributed by atoms with van der Waals surface area (Å²) in [6, 6.07) is 1.59. The normalized spacial score (nSPS) is 11.3. The van der Waals surface area contributed by atoms with Crippen LogP contribution in [0.1, 0.15) is 5.82 Å². The Hall–Kier alpha value is -1.02. The molecule has 2 aromatic heterocycles. The van der Waals surface area contributed by atoms with Gasteiger partial charge in [-0.15, -0.1) is 16.7 Å². The van der Waals surface area contributed by atoms with Crippen molar-refractivity contribution in [3.05, 3.63) is 21.9 Å². The zero-order chi connectivity index (χ0) is 12.7. The Morgan fingerprint density at radius 1 is 1.17 bits per heavy atom. The van der Waals surface area contributed by atoms with Gasteiger partial charge in [-0.2, -0.15) is 13.4 Å². The summed E-state index contributed by atoms with van der Waals surface area (Å²) in [5, 5.41) is 12.0. The van der Waals surface area contributed by atoms with Crippen molar-refractivity contribution in [2.24, 2.45) is 0 Å². The van der Waals surface area contributed by atoms with Gasteiger partial charge >= 0.3 is 0 Å². The smallest absolute Gasteiger partial charge is 0.171 e. The molecule has 0 aliphatic carbocycles. The van der Waals surface area contributed by atoms with E-state index in [1.165, 1.54) is 4.68 Å². The number of aromatic nitrogens is 6. The van der Waals surface area contributed by atoms with Crippen LogP contribution in [0.25, 0.3) is 16.7 Å². The van der Waals surface area contributed by atoms with E-state index in [4.69, 9.17) is 34.8 Å². The molecule has 0 N–H and O–H groups in total. The van der Waals surface area contributed by atoms with Crippen LogP contribution in [0, 0.1) is 0 Å². The molecule has 0 atom stereocenters. The van der Waals surface area contributed by atoms with Crippen LogP contribution < -0.4 is 0 Å². The second-order valence-corrected chi connectivity index (χ2v) is 4.90. The molecule has 0 spiro atoms. The van der Waals surface area contributed by atoms with Crippen molar-refractivity contribution in [3.8, 4) is 5.69 Å². The van der Waals surface area contributed by atoms with Crippen LogP contribution in [0.4, 0.5) is 0 Å². The van der Waals surface area contributed by atoms with Crippen molar-refractivity contribution in [2.45, 2.75) is 5.88 Å². The molecule has 1 aromatic carbocycles. The molecule has 0 fully saturated rings. The lowest BCUT2D eigenvalue weighted by Crippen LogP contribution is -2.03. The van der Waals surface area contributed by atoms with Crippen molar-refractivity contribution in [3.63, 3.8) is 0 Å². The van der Waals surface area contributed by atoms with Crippen molar-refractivity contribution in [2.75, 3.05) is 0 Å². The number of hydrogen-bond donors (Lipinski definition) is 0.